The molecule has 9 aromatic carbocycles. The van der Waals surface area contributed by atoms with Crippen molar-refractivity contribution >= 4 is 21.8 Å². The predicted molar refractivity (Wildman–Crippen MR) is 288 cm³/mol. The maximum Gasteiger partial charge on any atom is 0.115 e. The van der Waals surface area contributed by atoms with Gasteiger partial charge in [0, 0.05) is 57.8 Å². The number of fused-ring (bicyclic) bond motifs is 6. The molecule has 0 aliphatic heterocycles. The molecule has 5 nitrogen and oxygen atoms in total. The summed E-state index contributed by atoms with van der Waals surface area (Å²) in [5.74, 6) is 0. The Morgan fingerprint density at radius 2 is 0.714 bits per heavy atom. The highest BCUT2D eigenvalue weighted by Crippen LogP contribution is 2.51. The van der Waals surface area contributed by atoms with E-state index in [9.17, 15) is 0 Å². The largest absolute Gasteiger partial charge is 0.309 e. The quantitative estimate of drug-likeness (QED) is 0.152. The third-order valence-corrected chi connectivity index (χ3v) is 14.3. The van der Waals surface area contributed by atoms with Gasteiger partial charge in [0.1, 0.15) is 12.7 Å². The van der Waals surface area contributed by atoms with E-state index >= 15 is 0 Å². The topological polar surface area (TPSA) is 56.5 Å². The lowest BCUT2D eigenvalue weighted by Crippen LogP contribution is -2.14. The lowest BCUT2D eigenvalue weighted by atomic mass is 9.82. The molecule has 1 aliphatic carbocycles. The molecule has 0 atom stereocenters. The van der Waals surface area contributed by atoms with Crippen LogP contribution in [-0.2, 0) is 5.41 Å². The van der Waals surface area contributed by atoms with Crippen molar-refractivity contribution in [3.63, 3.8) is 0 Å². The second-order valence-corrected chi connectivity index (χ2v) is 18.9. The zero-order valence-corrected chi connectivity index (χ0v) is 38.8. The Balaban J connectivity index is 0.990. The Hall–Kier alpha value is -9.06. The molecular weight excluding hydrogens is 851 g/mol. The number of aromatic nitrogens is 5. The first-order valence-corrected chi connectivity index (χ1v) is 23.8. The average Bonchev–Trinajstić information content (AvgIpc) is 3.87. The van der Waals surface area contributed by atoms with E-state index in [1.165, 1.54) is 44.1 Å². The summed E-state index contributed by atoms with van der Waals surface area (Å²) in [4.78, 5) is 17.1. The standard InChI is InChI=1S/C65H45N5/c1-65(2)61-23-7-6-22-57(61)58-34-60-59-33-50(24-25-63(59)70(64(60)35-62(58)65)56-20-4-3-5-21-56)53-31-51(46-16-8-12-42(26-46)44-14-10-18-48(28-44)54-36-66-40-67-37-54)30-52(32-53)47-17-9-13-43(27-47)45-15-11-19-49(29-45)55-38-68-41-69-39-55/h3-41H,1-2H3. The number of nitrogens with zero attached hydrogens (tertiary/aromatic N) is 5. The van der Waals surface area contributed by atoms with Gasteiger partial charge in [0.25, 0.3) is 0 Å². The number of hydrogen-bond acceptors (Lipinski definition) is 4. The van der Waals surface area contributed by atoms with Crippen molar-refractivity contribution < 1.29 is 0 Å². The summed E-state index contributed by atoms with van der Waals surface area (Å²) in [5.41, 5.74) is 24.4. The SMILES string of the molecule is CC1(C)c2ccccc2-c2cc3c4cc(-c5cc(-c6cccc(-c7cccc(-c8cncnc8)c7)c6)cc(-c6cccc(-c7cccc(-c8cncnc8)c7)c6)c5)ccc4n(-c4ccccc4)c3cc21. The van der Waals surface area contributed by atoms with Crippen LogP contribution in [0.3, 0.4) is 0 Å². The molecule has 13 rings (SSSR count). The minimum atomic E-state index is -0.117. The van der Waals surface area contributed by atoms with Gasteiger partial charge >= 0.3 is 0 Å². The van der Waals surface area contributed by atoms with Gasteiger partial charge in [0.2, 0.25) is 0 Å². The van der Waals surface area contributed by atoms with Crippen LogP contribution < -0.4 is 0 Å². The molecule has 0 spiro atoms. The van der Waals surface area contributed by atoms with Crippen LogP contribution in [0.2, 0.25) is 0 Å². The Bertz CT molecular complexity index is 3820. The van der Waals surface area contributed by atoms with Crippen LogP contribution in [-0.4, -0.2) is 24.5 Å². The van der Waals surface area contributed by atoms with Crippen LogP contribution in [0.15, 0.2) is 238 Å². The van der Waals surface area contributed by atoms with E-state index in [1.807, 2.05) is 24.8 Å². The van der Waals surface area contributed by atoms with Crippen LogP contribution in [0.1, 0.15) is 25.0 Å². The lowest BCUT2D eigenvalue weighted by Gasteiger charge is -2.21. The maximum absolute atomic E-state index is 4.28. The van der Waals surface area contributed by atoms with Crippen molar-refractivity contribution in [1.29, 1.82) is 0 Å². The third-order valence-electron chi connectivity index (χ3n) is 14.3. The first kappa shape index (κ1) is 41.2. The first-order valence-electron chi connectivity index (χ1n) is 23.8. The molecule has 0 N–H and O–H groups in total. The molecule has 0 radical (unpaired) electrons. The van der Waals surface area contributed by atoms with Gasteiger partial charge in [-0.25, -0.2) is 19.9 Å². The molecule has 0 amide bonds. The zero-order valence-electron chi connectivity index (χ0n) is 38.8. The van der Waals surface area contributed by atoms with E-state index in [4.69, 9.17) is 0 Å². The average molecular weight is 896 g/mol. The number of hydrogen-bond donors (Lipinski definition) is 0. The zero-order chi connectivity index (χ0) is 46.8. The van der Waals surface area contributed by atoms with Gasteiger partial charge in [-0.3, -0.25) is 0 Å². The monoisotopic (exact) mass is 895 g/mol. The van der Waals surface area contributed by atoms with Crippen molar-refractivity contribution in [2.75, 3.05) is 0 Å². The molecule has 1 aliphatic rings. The number of rotatable bonds is 8. The molecule has 0 bridgehead atoms. The minimum absolute atomic E-state index is 0.117. The van der Waals surface area contributed by atoms with Gasteiger partial charge in [0.05, 0.1) is 11.0 Å². The maximum atomic E-state index is 4.28. The fourth-order valence-corrected chi connectivity index (χ4v) is 10.8. The van der Waals surface area contributed by atoms with E-state index in [-0.39, 0.29) is 5.41 Å². The molecule has 3 aromatic heterocycles. The molecule has 330 valence electrons. The van der Waals surface area contributed by atoms with Crippen LogP contribution in [0, 0.1) is 0 Å². The summed E-state index contributed by atoms with van der Waals surface area (Å²) in [6.07, 6.45) is 10.6. The van der Waals surface area contributed by atoms with Gasteiger partial charge in [-0.05, 0) is 168 Å². The highest BCUT2D eigenvalue weighted by atomic mass is 15.0. The molecular formula is C65H45N5. The molecule has 12 aromatic rings. The van der Waals surface area contributed by atoms with E-state index < -0.39 is 0 Å². The van der Waals surface area contributed by atoms with Crippen molar-refractivity contribution in [2.24, 2.45) is 0 Å². The molecule has 3 heterocycles. The second kappa shape index (κ2) is 16.6. The van der Waals surface area contributed by atoms with E-state index in [2.05, 4.69) is 239 Å². The lowest BCUT2D eigenvalue weighted by molar-refractivity contribution is 0.661. The molecule has 70 heavy (non-hydrogen) atoms. The Morgan fingerprint density at radius 3 is 1.23 bits per heavy atom. The highest BCUT2D eigenvalue weighted by Gasteiger charge is 2.36. The van der Waals surface area contributed by atoms with Crippen molar-refractivity contribution in [3.8, 4) is 94.7 Å². The van der Waals surface area contributed by atoms with Crippen LogP contribution >= 0.6 is 0 Å². The third kappa shape index (κ3) is 7.10. The van der Waals surface area contributed by atoms with Gasteiger partial charge in [0.15, 0.2) is 0 Å². The Labute approximate surface area is 407 Å². The van der Waals surface area contributed by atoms with Gasteiger partial charge in [-0.1, -0.05) is 135 Å². The summed E-state index contributed by atoms with van der Waals surface area (Å²) >= 11 is 0. The van der Waals surface area contributed by atoms with E-state index in [1.54, 1.807) is 12.7 Å². The Morgan fingerprint density at radius 1 is 0.300 bits per heavy atom. The second-order valence-electron chi connectivity index (χ2n) is 18.9. The highest BCUT2D eigenvalue weighted by molar-refractivity contribution is 6.13. The Kier molecular flexibility index (Phi) is 9.77. The molecule has 5 heteroatoms. The first-order chi connectivity index (χ1) is 34.4. The predicted octanol–water partition coefficient (Wildman–Crippen LogP) is 16.3. The fourth-order valence-electron chi connectivity index (χ4n) is 10.8. The normalized spacial score (nSPS) is 12.5. The minimum Gasteiger partial charge on any atom is -0.309 e. The fraction of sp³-hybridized carbons (Fsp3) is 0.0462. The summed E-state index contributed by atoms with van der Waals surface area (Å²) in [5, 5.41) is 2.47. The van der Waals surface area contributed by atoms with E-state index in [0.717, 1.165) is 83.6 Å². The van der Waals surface area contributed by atoms with Crippen molar-refractivity contribution in [2.45, 2.75) is 19.3 Å². The summed E-state index contributed by atoms with van der Waals surface area (Å²) in [6, 6.07) is 73.8. The van der Waals surface area contributed by atoms with Crippen molar-refractivity contribution in [1.82, 2.24) is 24.5 Å². The number of benzene rings is 9. The van der Waals surface area contributed by atoms with Crippen LogP contribution in [0.4, 0.5) is 0 Å². The number of para-hydroxylation sites is 1. The summed E-state index contributed by atoms with van der Waals surface area (Å²) in [6.45, 7) is 4.73. The van der Waals surface area contributed by atoms with Crippen LogP contribution in [0.5, 0.6) is 0 Å². The van der Waals surface area contributed by atoms with Crippen molar-refractivity contribution in [3.05, 3.63) is 249 Å². The summed E-state index contributed by atoms with van der Waals surface area (Å²) < 4.78 is 2.45. The van der Waals surface area contributed by atoms with Gasteiger partial charge < -0.3 is 4.57 Å². The smallest absolute Gasteiger partial charge is 0.115 e. The van der Waals surface area contributed by atoms with E-state index in [0.29, 0.717) is 0 Å². The molecule has 0 unspecified atom stereocenters. The molecule has 0 fully saturated rings. The molecule has 0 saturated carbocycles. The van der Waals surface area contributed by atoms with Crippen LogP contribution in [0.25, 0.3) is 117 Å². The van der Waals surface area contributed by atoms with Gasteiger partial charge in [-0.2, -0.15) is 0 Å². The molecule has 0 saturated heterocycles. The van der Waals surface area contributed by atoms with Gasteiger partial charge in [-0.15, -0.1) is 0 Å². The summed E-state index contributed by atoms with van der Waals surface area (Å²) in [7, 11) is 0.